The summed E-state index contributed by atoms with van der Waals surface area (Å²) in [6.07, 6.45) is 0. The molecule has 0 aliphatic carbocycles. The second kappa shape index (κ2) is 4.75. The number of aromatic nitrogens is 1. The van der Waals surface area contributed by atoms with Crippen LogP contribution >= 0.6 is 0 Å². The summed E-state index contributed by atoms with van der Waals surface area (Å²) >= 11 is 0. The summed E-state index contributed by atoms with van der Waals surface area (Å²) < 4.78 is 5.54. The van der Waals surface area contributed by atoms with Gasteiger partial charge in [-0.05, 0) is 42.5 Å². The number of aromatic carboxylic acids is 2. The van der Waals surface area contributed by atoms with E-state index < -0.39 is 11.9 Å². The lowest BCUT2D eigenvalue weighted by molar-refractivity contribution is 0.0686. The largest absolute Gasteiger partial charge is 0.478 e. The van der Waals surface area contributed by atoms with Gasteiger partial charge in [0.1, 0.15) is 5.52 Å². The van der Waals surface area contributed by atoms with E-state index in [1.54, 1.807) is 18.2 Å². The Morgan fingerprint density at radius 3 is 2.14 bits per heavy atom. The van der Waals surface area contributed by atoms with E-state index in [1.807, 2.05) is 0 Å². The van der Waals surface area contributed by atoms with Gasteiger partial charge < -0.3 is 14.6 Å². The normalized spacial score (nSPS) is 10.7. The molecule has 6 nitrogen and oxygen atoms in total. The smallest absolute Gasteiger partial charge is 0.335 e. The zero-order valence-corrected chi connectivity index (χ0v) is 10.6. The topological polar surface area (TPSA) is 101 Å². The highest BCUT2D eigenvalue weighted by Gasteiger charge is 2.11. The Bertz CT molecular complexity index is 848. The average molecular weight is 283 g/mol. The minimum Gasteiger partial charge on any atom is -0.478 e. The second-order valence-electron chi connectivity index (χ2n) is 4.39. The fourth-order valence-electron chi connectivity index (χ4n) is 1.94. The number of nitrogens with zero attached hydrogens (tertiary/aromatic N) is 1. The molecule has 6 heteroatoms. The minimum atomic E-state index is -1.03. The number of hydrogen-bond acceptors (Lipinski definition) is 4. The molecule has 2 aromatic carbocycles. The zero-order valence-electron chi connectivity index (χ0n) is 10.6. The molecule has 1 aromatic heterocycles. The predicted molar refractivity (Wildman–Crippen MR) is 73.4 cm³/mol. The Kier molecular flexibility index (Phi) is 2.91. The number of oxazole rings is 1. The summed E-state index contributed by atoms with van der Waals surface area (Å²) in [5.74, 6) is -1.73. The van der Waals surface area contributed by atoms with Crippen LogP contribution in [-0.4, -0.2) is 27.1 Å². The molecule has 21 heavy (non-hydrogen) atoms. The van der Waals surface area contributed by atoms with Crippen molar-refractivity contribution in [1.29, 1.82) is 0 Å². The van der Waals surface area contributed by atoms with Crippen molar-refractivity contribution in [1.82, 2.24) is 4.98 Å². The third-order valence-corrected chi connectivity index (χ3v) is 3.01. The highest BCUT2D eigenvalue weighted by Crippen LogP contribution is 2.25. The number of fused-ring (bicyclic) bond motifs is 1. The van der Waals surface area contributed by atoms with E-state index >= 15 is 0 Å². The van der Waals surface area contributed by atoms with Crippen LogP contribution in [0.1, 0.15) is 20.7 Å². The molecule has 0 fully saturated rings. The van der Waals surface area contributed by atoms with Crippen molar-refractivity contribution in [2.24, 2.45) is 0 Å². The molecule has 0 spiro atoms. The summed E-state index contributed by atoms with van der Waals surface area (Å²) in [7, 11) is 0. The molecule has 3 aromatic rings. The van der Waals surface area contributed by atoms with Gasteiger partial charge in [-0.15, -0.1) is 0 Å². The fourth-order valence-corrected chi connectivity index (χ4v) is 1.94. The van der Waals surface area contributed by atoms with Crippen molar-refractivity contribution in [3.8, 4) is 11.5 Å². The Morgan fingerprint density at radius 1 is 0.905 bits per heavy atom. The van der Waals surface area contributed by atoms with Crippen molar-refractivity contribution < 1.29 is 24.2 Å². The first-order valence-electron chi connectivity index (χ1n) is 6.02. The molecule has 0 saturated carbocycles. The lowest BCUT2D eigenvalue weighted by atomic mass is 10.1. The predicted octanol–water partition coefficient (Wildman–Crippen LogP) is 2.89. The van der Waals surface area contributed by atoms with E-state index in [-0.39, 0.29) is 11.1 Å². The van der Waals surface area contributed by atoms with Gasteiger partial charge in [-0.1, -0.05) is 0 Å². The average Bonchev–Trinajstić information content (AvgIpc) is 2.90. The zero-order chi connectivity index (χ0) is 15.0. The highest BCUT2D eigenvalue weighted by atomic mass is 16.4. The Morgan fingerprint density at radius 2 is 1.52 bits per heavy atom. The molecule has 0 radical (unpaired) electrons. The lowest BCUT2D eigenvalue weighted by Crippen LogP contribution is -1.95. The molecular weight excluding hydrogens is 274 g/mol. The van der Waals surface area contributed by atoms with Gasteiger partial charge in [-0.2, -0.15) is 0 Å². The molecule has 0 aliphatic rings. The molecule has 3 rings (SSSR count). The van der Waals surface area contributed by atoms with Crippen LogP contribution in [0.25, 0.3) is 22.6 Å². The third kappa shape index (κ3) is 2.34. The molecular formula is C15H9NO5. The number of carbonyl (C=O) groups is 2. The first-order valence-corrected chi connectivity index (χ1v) is 6.02. The standard InChI is InChI=1S/C15H9NO5/c17-14(18)9-3-1-8(2-4-9)13-16-11-7-10(15(19)20)5-6-12(11)21-13/h1-7H,(H,17,18)(H,19,20). The summed E-state index contributed by atoms with van der Waals surface area (Å²) in [5.41, 5.74) is 1.82. The van der Waals surface area contributed by atoms with Crippen LogP contribution in [0.4, 0.5) is 0 Å². The van der Waals surface area contributed by atoms with Crippen molar-refractivity contribution in [2.45, 2.75) is 0 Å². The SMILES string of the molecule is O=C(O)c1ccc(-c2nc3cc(C(=O)O)ccc3o2)cc1. The maximum Gasteiger partial charge on any atom is 0.335 e. The van der Waals surface area contributed by atoms with Crippen LogP contribution in [-0.2, 0) is 0 Å². The van der Waals surface area contributed by atoms with E-state index in [0.29, 0.717) is 22.6 Å². The van der Waals surface area contributed by atoms with Crippen LogP contribution in [0.2, 0.25) is 0 Å². The first kappa shape index (κ1) is 12.9. The number of benzene rings is 2. The van der Waals surface area contributed by atoms with E-state index in [2.05, 4.69) is 4.98 Å². The van der Waals surface area contributed by atoms with Crippen LogP contribution < -0.4 is 0 Å². The van der Waals surface area contributed by atoms with Gasteiger partial charge in [0.25, 0.3) is 0 Å². The number of hydrogen-bond donors (Lipinski definition) is 2. The Labute approximate surface area is 118 Å². The van der Waals surface area contributed by atoms with Crippen LogP contribution in [0, 0.1) is 0 Å². The van der Waals surface area contributed by atoms with Gasteiger partial charge in [0.2, 0.25) is 5.89 Å². The first-order chi connectivity index (χ1) is 10.0. The van der Waals surface area contributed by atoms with Gasteiger partial charge in [0, 0.05) is 5.56 Å². The maximum absolute atomic E-state index is 10.9. The summed E-state index contributed by atoms with van der Waals surface area (Å²) in [6.45, 7) is 0. The van der Waals surface area contributed by atoms with Crippen LogP contribution in [0.5, 0.6) is 0 Å². The quantitative estimate of drug-likeness (QED) is 0.766. The lowest BCUT2D eigenvalue weighted by Gasteiger charge is -1.96. The van der Waals surface area contributed by atoms with Crippen LogP contribution in [0.3, 0.4) is 0 Å². The molecule has 0 bridgehead atoms. The second-order valence-corrected chi connectivity index (χ2v) is 4.39. The monoisotopic (exact) mass is 283 g/mol. The van der Waals surface area contributed by atoms with E-state index in [1.165, 1.54) is 24.3 Å². The van der Waals surface area contributed by atoms with Gasteiger partial charge in [-0.25, -0.2) is 14.6 Å². The van der Waals surface area contributed by atoms with Gasteiger partial charge in [0.05, 0.1) is 11.1 Å². The number of carboxylic acids is 2. The molecule has 0 saturated heterocycles. The van der Waals surface area contributed by atoms with E-state index in [0.717, 1.165) is 0 Å². The molecule has 0 aliphatic heterocycles. The molecule has 104 valence electrons. The molecule has 0 atom stereocenters. The summed E-state index contributed by atoms with van der Waals surface area (Å²) in [6, 6.07) is 10.5. The van der Waals surface area contributed by atoms with Gasteiger partial charge in [-0.3, -0.25) is 0 Å². The van der Waals surface area contributed by atoms with Gasteiger partial charge >= 0.3 is 11.9 Å². The Balaban J connectivity index is 2.04. The molecule has 0 amide bonds. The Hall–Kier alpha value is -3.15. The highest BCUT2D eigenvalue weighted by molar-refractivity contribution is 5.92. The maximum atomic E-state index is 10.9. The van der Waals surface area contributed by atoms with Crippen molar-refractivity contribution in [3.05, 3.63) is 53.6 Å². The fraction of sp³-hybridized carbons (Fsp3) is 0. The molecule has 2 N–H and O–H groups in total. The van der Waals surface area contributed by atoms with Crippen molar-refractivity contribution in [3.63, 3.8) is 0 Å². The minimum absolute atomic E-state index is 0.128. The summed E-state index contributed by atoms with van der Waals surface area (Å²) in [5, 5.41) is 17.8. The molecule has 0 unspecified atom stereocenters. The molecule has 1 heterocycles. The van der Waals surface area contributed by atoms with Crippen molar-refractivity contribution >= 4 is 23.0 Å². The number of rotatable bonds is 3. The summed E-state index contributed by atoms with van der Waals surface area (Å²) in [4.78, 5) is 25.9. The van der Waals surface area contributed by atoms with Crippen molar-refractivity contribution in [2.75, 3.05) is 0 Å². The van der Waals surface area contributed by atoms with E-state index in [4.69, 9.17) is 14.6 Å². The van der Waals surface area contributed by atoms with Crippen LogP contribution in [0.15, 0.2) is 46.9 Å². The number of carboxylic acid groups (broad SMARTS) is 2. The van der Waals surface area contributed by atoms with E-state index in [9.17, 15) is 9.59 Å². The van der Waals surface area contributed by atoms with Gasteiger partial charge in [0.15, 0.2) is 5.58 Å². The third-order valence-electron chi connectivity index (χ3n) is 3.01.